The number of carbonyl (C=O) groups is 3. The van der Waals surface area contributed by atoms with E-state index in [1.165, 1.54) is 218 Å². The van der Waals surface area contributed by atoms with Crippen molar-refractivity contribution in [2.75, 3.05) is 13.2 Å². The van der Waals surface area contributed by atoms with Crippen molar-refractivity contribution in [2.45, 2.75) is 348 Å². The zero-order chi connectivity index (χ0) is 52.9. The van der Waals surface area contributed by atoms with Crippen LogP contribution in [0.1, 0.15) is 342 Å². The molecule has 0 rings (SSSR count). The van der Waals surface area contributed by atoms with Gasteiger partial charge in [0, 0.05) is 19.3 Å². The van der Waals surface area contributed by atoms with Gasteiger partial charge in [0.05, 0.1) is 0 Å². The third-order valence-corrected chi connectivity index (χ3v) is 14.3. The van der Waals surface area contributed by atoms with Crippen LogP contribution < -0.4 is 0 Å². The van der Waals surface area contributed by atoms with Gasteiger partial charge < -0.3 is 14.2 Å². The van der Waals surface area contributed by atoms with Crippen LogP contribution in [0.15, 0.2) is 48.6 Å². The number of rotatable bonds is 59. The number of carbonyl (C=O) groups excluding carboxylic acids is 3. The van der Waals surface area contributed by atoms with Crippen LogP contribution >= 0.6 is 0 Å². The first-order valence-corrected chi connectivity index (χ1v) is 32.1. The van der Waals surface area contributed by atoms with E-state index in [1.54, 1.807) is 0 Å². The minimum Gasteiger partial charge on any atom is -0.462 e. The molecule has 0 aliphatic rings. The molecule has 0 saturated carbocycles. The van der Waals surface area contributed by atoms with Crippen molar-refractivity contribution in [3.8, 4) is 0 Å². The summed E-state index contributed by atoms with van der Waals surface area (Å²) in [5, 5.41) is 0. The molecule has 6 nitrogen and oxygen atoms in total. The molecule has 0 N–H and O–H groups in total. The lowest BCUT2D eigenvalue weighted by molar-refractivity contribution is -0.167. The molecule has 0 heterocycles. The summed E-state index contributed by atoms with van der Waals surface area (Å²) in [5.74, 6) is -0.843. The van der Waals surface area contributed by atoms with Crippen LogP contribution in [0, 0.1) is 0 Å². The van der Waals surface area contributed by atoms with Crippen LogP contribution in [0.3, 0.4) is 0 Å². The van der Waals surface area contributed by atoms with Gasteiger partial charge in [-0.3, -0.25) is 14.4 Å². The molecule has 1 atom stereocenters. The second-order valence-corrected chi connectivity index (χ2v) is 21.7. The molecule has 0 aromatic heterocycles. The zero-order valence-electron chi connectivity index (χ0n) is 48.9. The first-order chi connectivity index (χ1) is 36.0. The molecule has 0 aliphatic carbocycles. The average molecular weight is 1020 g/mol. The Morgan fingerprint density at radius 3 is 0.836 bits per heavy atom. The SMILES string of the molecule is CC/C=C\C/C=C\C/C=C\C/C=C\CCCCCCCCCCCCCCCCCCC(=O)OCC(COC(=O)CCCCCCCCCCCCCC)OC(=O)CCCCCCCCCCCCCCCC. The summed E-state index contributed by atoms with van der Waals surface area (Å²) in [6.45, 7) is 6.58. The number of hydrogen-bond acceptors (Lipinski definition) is 6. The van der Waals surface area contributed by atoms with Crippen LogP contribution in [-0.2, 0) is 28.6 Å². The van der Waals surface area contributed by atoms with Gasteiger partial charge in [-0.1, -0.05) is 313 Å². The van der Waals surface area contributed by atoms with Crippen molar-refractivity contribution in [1.82, 2.24) is 0 Å². The summed E-state index contributed by atoms with van der Waals surface area (Å²) in [7, 11) is 0. The third kappa shape index (κ3) is 60.1. The first-order valence-electron chi connectivity index (χ1n) is 32.1. The van der Waals surface area contributed by atoms with Crippen LogP contribution in [0.4, 0.5) is 0 Å². The molecular formula is C67H122O6. The number of unbranched alkanes of at least 4 members (excludes halogenated alkanes) is 40. The number of hydrogen-bond donors (Lipinski definition) is 0. The third-order valence-electron chi connectivity index (χ3n) is 14.3. The zero-order valence-corrected chi connectivity index (χ0v) is 48.9. The van der Waals surface area contributed by atoms with E-state index in [9.17, 15) is 14.4 Å². The van der Waals surface area contributed by atoms with E-state index in [2.05, 4.69) is 69.4 Å². The second kappa shape index (κ2) is 61.9. The van der Waals surface area contributed by atoms with Gasteiger partial charge in [0.25, 0.3) is 0 Å². The maximum atomic E-state index is 12.9. The molecule has 0 radical (unpaired) electrons. The Morgan fingerprint density at radius 1 is 0.288 bits per heavy atom. The summed E-state index contributed by atoms with van der Waals surface area (Å²) in [4.78, 5) is 38.2. The number of allylic oxidation sites excluding steroid dienone is 8. The average Bonchev–Trinajstić information content (AvgIpc) is 3.39. The predicted molar refractivity (Wildman–Crippen MR) is 316 cm³/mol. The Bertz CT molecular complexity index is 1270. The van der Waals surface area contributed by atoms with E-state index in [1.807, 2.05) is 0 Å². The van der Waals surface area contributed by atoms with Crippen LogP contribution in [0.5, 0.6) is 0 Å². The van der Waals surface area contributed by atoms with E-state index in [0.29, 0.717) is 19.3 Å². The topological polar surface area (TPSA) is 78.9 Å². The molecule has 73 heavy (non-hydrogen) atoms. The number of esters is 3. The summed E-state index contributed by atoms with van der Waals surface area (Å²) in [5.41, 5.74) is 0. The highest BCUT2D eigenvalue weighted by Gasteiger charge is 2.19. The minimum absolute atomic E-state index is 0.0660. The molecule has 0 spiro atoms. The number of ether oxygens (including phenoxy) is 3. The standard InChI is InChI=1S/C67H122O6/c1-4-7-10-13-16-19-22-25-27-28-29-30-31-32-33-34-35-36-37-38-39-40-41-43-45-48-51-54-57-60-66(69)72-63-64(62-71-65(68)59-56-53-50-47-44-24-21-18-15-12-9-6-3)73-67(70)61-58-55-52-49-46-42-26-23-20-17-14-11-8-5-2/h7,10,16,19,25,27,29-30,64H,4-6,8-9,11-15,17-18,20-24,26,28,31-63H2,1-3H3/b10-7-,19-16-,27-25-,30-29-. The largest absolute Gasteiger partial charge is 0.462 e. The molecule has 0 aliphatic heterocycles. The highest BCUT2D eigenvalue weighted by molar-refractivity contribution is 5.71. The molecule has 6 heteroatoms. The Morgan fingerprint density at radius 2 is 0.534 bits per heavy atom. The van der Waals surface area contributed by atoms with Crippen molar-refractivity contribution < 1.29 is 28.6 Å². The van der Waals surface area contributed by atoms with Gasteiger partial charge in [-0.2, -0.15) is 0 Å². The van der Waals surface area contributed by atoms with Crippen LogP contribution in [0.2, 0.25) is 0 Å². The lowest BCUT2D eigenvalue weighted by atomic mass is 10.0. The van der Waals surface area contributed by atoms with Gasteiger partial charge in [0.2, 0.25) is 0 Å². The normalized spacial score (nSPS) is 12.3. The summed E-state index contributed by atoms with van der Waals surface area (Å²) in [6, 6.07) is 0. The van der Waals surface area contributed by atoms with Crippen molar-refractivity contribution in [1.29, 1.82) is 0 Å². The lowest BCUT2D eigenvalue weighted by Crippen LogP contribution is -2.30. The van der Waals surface area contributed by atoms with Crippen molar-refractivity contribution >= 4 is 17.9 Å². The maximum Gasteiger partial charge on any atom is 0.306 e. The van der Waals surface area contributed by atoms with E-state index in [0.717, 1.165) is 83.5 Å². The summed E-state index contributed by atoms with van der Waals surface area (Å²) >= 11 is 0. The quantitative estimate of drug-likeness (QED) is 0.0261. The molecule has 0 bridgehead atoms. The van der Waals surface area contributed by atoms with Gasteiger partial charge in [0.1, 0.15) is 13.2 Å². The molecule has 0 aromatic rings. The predicted octanol–water partition coefficient (Wildman–Crippen LogP) is 21.8. The van der Waals surface area contributed by atoms with Gasteiger partial charge in [-0.25, -0.2) is 0 Å². The lowest BCUT2D eigenvalue weighted by Gasteiger charge is -2.18. The summed E-state index contributed by atoms with van der Waals surface area (Å²) in [6.07, 6.45) is 77.0. The molecule has 426 valence electrons. The van der Waals surface area contributed by atoms with Gasteiger partial charge in [0.15, 0.2) is 6.10 Å². The van der Waals surface area contributed by atoms with Crippen LogP contribution in [0.25, 0.3) is 0 Å². The molecule has 0 amide bonds. The maximum absolute atomic E-state index is 12.9. The van der Waals surface area contributed by atoms with Crippen LogP contribution in [-0.4, -0.2) is 37.2 Å². The Kier molecular flexibility index (Phi) is 59.7. The highest BCUT2D eigenvalue weighted by atomic mass is 16.6. The minimum atomic E-state index is -0.767. The van der Waals surface area contributed by atoms with Crippen molar-refractivity contribution in [2.24, 2.45) is 0 Å². The molecular weight excluding hydrogens is 901 g/mol. The first kappa shape index (κ1) is 70.4. The van der Waals surface area contributed by atoms with Crippen molar-refractivity contribution in [3.63, 3.8) is 0 Å². The molecule has 0 fully saturated rings. The monoisotopic (exact) mass is 1020 g/mol. The summed E-state index contributed by atoms with van der Waals surface area (Å²) < 4.78 is 16.9. The Labute approximate surface area is 454 Å². The van der Waals surface area contributed by atoms with Gasteiger partial charge >= 0.3 is 17.9 Å². The van der Waals surface area contributed by atoms with Gasteiger partial charge in [-0.05, 0) is 57.8 Å². The molecule has 1 unspecified atom stereocenters. The second-order valence-electron chi connectivity index (χ2n) is 21.7. The smallest absolute Gasteiger partial charge is 0.306 e. The molecule has 0 saturated heterocycles. The van der Waals surface area contributed by atoms with Crippen molar-refractivity contribution in [3.05, 3.63) is 48.6 Å². The van der Waals surface area contributed by atoms with E-state index < -0.39 is 6.10 Å². The van der Waals surface area contributed by atoms with E-state index in [4.69, 9.17) is 14.2 Å². The fourth-order valence-electron chi connectivity index (χ4n) is 9.56. The fraction of sp³-hybridized carbons (Fsp3) is 0.836. The van der Waals surface area contributed by atoms with E-state index in [-0.39, 0.29) is 31.1 Å². The van der Waals surface area contributed by atoms with Gasteiger partial charge in [-0.15, -0.1) is 0 Å². The highest BCUT2D eigenvalue weighted by Crippen LogP contribution is 2.18. The molecule has 0 aromatic carbocycles. The van der Waals surface area contributed by atoms with E-state index >= 15 is 0 Å². The Hall–Kier alpha value is -2.63. The Balaban J connectivity index is 4.14. The fourth-order valence-corrected chi connectivity index (χ4v) is 9.56.